The molecule has 8 nitrogen and oxygen atoms in total. The quantitative estimate of drug-likeness (QED) is 0.177. The van der Waals surface area contributed by atoms with Crippen molar-refractivity contribution in [2.24, 2.45) is 17.8 Å². The number of ketones is 2. The van der Waals surface area contributed by atoms with E-state index in [4.69, 9.17) is 0 Å². The molecule has 0 bridgehead atoms. The second-order valence-electron chi connectivity index (χ2n) is 11.1. The molecule has 4 atom stereocenters. The number of carbonyl (C=O) groups excluding carboxylic acids is 4. The van der Waals surface area contributed by atoms with E-state index < -0.39 is 42.6 Å². The Hall–Kier alpha value is -4.12. The molecular formula is C32H23BBrNO7. The number of fused-ring (bicyclic) bond motifs is 4. The number of nitrogens with zero attached hydrogens (tertiary/aromatic N) is 1. The van der Waals surface area contributed by atoms with Crippen molar-refractivity contribution in [3.63, 3.8) is 0 Å². The van der Waals surface area contributed by atoms with E-state index in [9.17, 15) is 34.3 Å². The summed E-state index contributed by atoms with van der Waals surface area (Å²) >= 11 is 3.23. The van der Waals surface area contributed by atoms with Gasteiger partial charge in [-0.15, -0.1) is 0 Å². The molecular weight excluding hydrogens is 601 g/mol. The van der Waals surface area contributed by atoms with Crippen LogP contribution in [-0.2, 0) is 19.2 Å². The summed E-state index contributed by atoms with van der Waals surface area (Å²) in [6.07, 6.45) is 3.50. The van der Waals surface area contributed by atoms with Gasteiger partial charge in [0.25, 0.3) is 0 Å². The lowest BCUT2D eigenvalue weighted by Crippen LogP contribution is -2.40. The van der Waals surface area contributed by atoms with Crippen LogP contribution in [0, 0.1) is 17.8 Å². The Balaban J connectivity index is 1.40. The molecule has 0 spiro atoms. The van der Waals surface area contributed by atoms with Crippen molar-refractivity contribution >= 4 is 68.4 Å². The number of imide groups is 1. The molecule has 0 saturated carbocycles. The average Bonchev–Trinajstić information content (AvgIpc) is 3.24. The smallest absolute Gasteiger partial charge is 0.488 e. The third-order valence-electron chi connectivity index (χ3n) is 8.99. The number of anilines is 1. The van der Waals surface area contributed by atoms with Crippen molar-refractivity contribution in [1.29, 1.82) is 0 Å². The van der Waals surface area contributed by atoms with E-state index in [1.54, 1.807) is 24.3 Å². The minimum atomic E-state index is -1.77. The summed E-state index contributed by atoms with van der Waals surface area (Å²) < 4.78 is 0.127. The summed E-state index contributed by atoms with van der Waals surface area (Å²) in [5, 5.41) is 32.1. The number of hydrogen-bond acceptors (Lipinski definition) is 7. The molecule has 4 unspecified atom stereocenters. The first kappa shape index (κ1) is 26.8. The molecule has 7 rings (SSSR count). The summed E-state index contributed by atoms with van der Waals surface area (Å²) in [6, 6.07) is 16.8. The van der Waals surface area contributed by atoms with E-state index in [0.29, 0.717) is 5.56 Å². The highest BCUT2D eigenvalue weighted by Gasteiger charge is 2.57. The van der Waals surface area contributed by atoms with Crippen LogP contribution < -0.4 is 10.4 Å². The lowest BCUT2D eigenvalue weighted by molar-refractivity contribution is -0.123. The van der Waals surface area contributed by atoms with Gasteiger partial charge in [0.05, 0.1) is 22.0 Å². The maximum absolute atomic E-state index is 14.1. The van der Waals surface area contributed by atoms with Crippen LogP contribution in [0.2, 0.25) is 0 Å². The lowest BCUT2D eigenvalue weighted by Gasteiger charge is -2.42. The standard InChI is InChI=1S/C32H23BBrNO7/c34-23-14-25(37)28-22(30(23)38)13-21-19(29(28)27-18-7-2-1-4-15(18)8-11-24(27)36)9-10-20-26(21)32(40)35(31(20)39)17-6-3-5-16(12-17)33(41)42/h1-9,11-12,14,20-21,26,29,36,41-42H,10,13H2. The van der Waals surface area contributed by atoms with Crippen LogP contribution in [0.4, 0.5) is 5.69 Å². The fourth-order valence-corrected chi connectivity index (χ4v) is 7.65. The van der Waals surface area contributed by atoms with Crippen molar-refractivity contribution in [3.05, 3.63) is 99.6 Å². The van der Waals surface area contributed by atoms with Crippen LogP contribution >= 0.6 is 15.9 Å². The van der Waals surface area contributed by atoms with Crippen molar-refractivity contribution in [1.82, 2.24) is 0 Å². The number of phenolic OH excluding ortho intramolecular Hbond substituents is 1. The van der Waals surface area contributed by atoms with Gasteiger partial charge >= 0.3 is 7.12 Å². The Kier molecular flexibility index (Phi) is 6.20. The molecule has 2 amide bonds. The van der Waals surface area contributed by atoms with E-state index in [1.165, 1.54) is 18.2 Å². The molecule has 1 aliphatic heterocycles. The second kappa shape index (κ2) is 9.73. The number of halogens is 1. The number of amides is 2. The highest BCUT2D eigenvalue weighted by atomic mass is 79.9. The molecule has 3 aromatic carbocycles. The van der Waals surface area contributed by atoms with Gasteiger partial charge in [-0.25, -0.2) is 0 Å². The van der Waals surface area contributed by atoms with Gasteiger partial charge in [-0.1, -0.05) is 54.1 Å². The first-order valence-corrected chi connectivity index (χ1v) is 14.4. The molecule has 208 valence electrons. The number of allylic oxidation sites excluding steroid dienone is 6. The van der Waals surface area contributed by atoms with Crippen LogP contribution in [0.5, 0.6) is 5.75 Å². The zero-order chi connectivity index (χ0) is 29.4. The highest BCUT2D eigenvalue weighted by molar-refractivity contribution is 9.12. The van der Waals surface area contributed by atoms with Crippen LogP contribution in [-0.4, -0.2) is 45.7 Å². The van der Waals surface area contributed by atoms with Gasteiger partial charge in [0, 0.05) is 28.7 Å². The van der Waals surface area contributed by atoms with Crippen LogP contribution in [0.25, 0.3) is 10.8 Å². The molecule has 4 aliphatic rings. The van der Waals surface area contributed by atoms with Gasteiger partial charge in [-0.3, -0.25) is 24.1 Å². The van der Waals surface area contributed by atoms with Gasteiger partial charge in [0.2, 0.25) is 11.8 Å². The molecule has 42 heavy (non-hydrogen) atoms. The van der Waals surface area contributed by atoms with Crippen molar-refractivity contribution < 1.29 is 34.3 Å². The molecule has 0 radical (unpaired) electrons. The normalized spacial score (nSPS) is 25.3. The Labute approximate surface area is 248 Å². The maximum atomic E-state index is 14.1. The number of Topliss-reactive ketones (excluding diaryl/α,β-unsaturated/α-hetero) is 1. The average molecular weight is 624 g/mol. The van der Waals surface area contributed by atoms with Gasteiger partial charge in [-0.05, 0) is 69.1 Å². The van der Waals surface area contributed by atoms with E-state index in [1.807, 2.05) is 30.3 Å². The number of aromatic hydroxyl groups is 1. The summed E-state index contributed by atoms with van der Waals surface area (Å²) in [6.45, 7) is 0. The molecule has 3 aromatic rings. The Morgan fingerprint density at radius 1 is 0.905 bits per heavy atom. The van der Waals surface area contributed by atoms with Gasteiger partial charge in [-0.2, -0.15) is 0 Å². The molecule has 1 fully saturated rings. The van der Waals surface area contributed by atoms with Crippen LogP contribution in [0.3, 0.4) is 0 Å². The number of phenols is 1. The van der Waals surface area contributed by atoms with Crippen molar-refractivity contribution in [2.45, 2.75) is 18.8 Å². The summed E-state index contributed by atoms with van der Waals surface area (Å²) in [4.78, 5) is 56.0. The predicted molar refractivity (Wildman–Crippen MR) is 159 cm³/mol. The van der Waals surface area contributed by atoms with Gasteiger partial charge in [0.1, 0.15) is 5.75 Å². The third kappa shape index (κ3) is 3.82. The fourth-order valence-electron chi connectivity index (χ4n) is 7.20. The molecule has 3 N–H and O–H groups in total. The second-order valence-corrected chi connectivity index (χ2v) is 11.9. The zero-order valence-corrected chi connectivity index (χ0v) is 23.6. The summed E-state index contributed by atoms with van der Waals surface area (Å²) in [5.74, 6) is -4.43. The summed E-state index contributed by atoms with van der Waals surface area (Å²) in [7, 11) is -1.77. The topological polar surface area (TPSA) is 132 Å². The first-order valence-electron chi connectivity index (χ1n) is 13.6. The minimum absolute atomic E-state index is 0.0297. The monoisotopic (exact) mass is 623 g/mol. The Bertz CT molecular complexity index is 1860. The molecule has 1 saturated heterocycles. The van der Waals surface area contributed by atoms with Crippen LogP contribution in [0.15, 0.2) is 94.0 Å². The van der Waals surface area contributed by atoms with E-state index in [2.05, 4.69) is 15.9 Å². The largest absolute Gasteiger partial charge is 0.508 e. The third-order valence-corrected chi connectivity index (χ3v) is 9.58. The van der Waals surface area contributed by atoms with Crippen molar-refractivity contribution in [2.75, 3.05) is 4.90 Å². The Morgan fingerprint density at radius 2 is 1.69 bits per heavy atom. The highest BCUT2D eigenvalue weighted by Crippen LogP contribution is 2.57. The molecule has 10 heteroatoms. The Morgan fingerprint density at radius 3 is 2.48 bits per heavy atom. The van der Waals surface area contributed by atoms with Gasteiger partial charge in [0.15, 0.2) is 11.6 Å². The SMILES string of the molecule is O=C1C=C(Br)C(=O)C2=C1C(c1c(O)ccc3ccccc13)C1=CCC3C(=O)N(c4cccc(B(O)O)c4)C(=O)C3C1C2. The van der Waals surface area contributed by atoms with E-state index >= 15 is 0 Å². The number of carbonyl (C=O) groups is 4. The van der Waals surface area contributed by atoms with Crippen molar-refractivity contribution in [3.8, 4) is 5.75 Å². The molecule has 0 aromatic heterocycles. The first-order chi connectivity index (χ1) is 20.2. The fraction of sp³-hybridized carbons (Fsp3) is 0.188. The molecule has 3 aliphatic carbocycles. The minimum Gasteiger partial charge on any atom is -0.508 e. The van der Waals surface area contributed by atoms with Gasteiger partial charge < -0.3 is 15.2 Å². The molecule has 1 heterocycles. The lowest BCUT2D eigenvalue weighted by atomic mass is 9.59. The zero-order valence-electron chi connectivity index (χ0n) is 22.0. The van der Waals surface area contributed by atoms with Crippen LogP contribution in [0.1, 0.15) is 24.3 Å². The summed E-state index contributed by atoms with van der Waals surface area (Å²) in [5.41, 5.74) is 2.16. The van der Waals surface area contributed by atoms with E-state index in [-0.39, 0.29) is 56.9 Å². The number of benzene rings is 3. The number of hydrogen-bond donors (Lipinski definition) is 3. The maximum Gasteiger partial charge on any atom is 0.488 e. The predicted octanol–water partition coefficient (Wildman–Crippen LogP) is 3.19. The number of rotatable bonds is 3. The van der Waals surface area contributed by atoms with E-state index in [0.717, 1.165) is 21.2 Å².